The SMILES string of the molecule is CCCCCCCCc1ccc(-c2ccc(OCCCOCCCC)cc2)nc1. The molecule has 0 unspecified atom stereocenters. The van der Waals surface area contributed by atoms with Crippen LogP contribution in [0.1, 0.15) is 77.2 Å². The highest BCUT2D eigenvalue weighted by Crippen LogP contribution is 2.21. The van der Waals surface area contributed by atoms with Crippen molar-refractivity contribution in [1.82, 2.24) is 4.98 Å². The fraction of sp³-hybridized carbons (Fsp3) is 0.577. The summed E-state index contributed by atoms with van der Waals surface area (Å²) in [4.78, 5) is 4.66. The van der Waals surface area contributed by atoms with Crippen LogP contribution in [0, 0.1) is 0 Å². The minimum Gasteiger partial charge on any atom is -0.494 e. The molecule has 1 aromatic heterocycles. The van der Waals surface area contributed by atoms with Crippen molar-refractivity contribution < 1.29 is 9.47 Å². The second kappa shape index (κ2) is 15.0. The van der Waals surface area contributed by atoms with Crippen LogP contribution in [0.25, 0.3) is 11.3 Å². The summed E-state index contributed by atoms with van der Waals surface area (Å²) in [6.07, 6.45) is 14.4. The molecule has 0 saturated heterocycles. The van der Waals surface area contributed by atoms with E-state index in [-0.39, 0.29) is 0 Å². The number of hydrogen-bond donors (Lipinski definition) is 0. The maximum atomic E-state index is 5.80. The fourth-order valence-corrected chi connectivity index (χ4v) is 3.27. The van der Waals surface area contributed by atoms with Gasteiger partial charge in [0.05, 0.1) is 12.3 Å². The van der Waals surface area contributed by atoms with E-state index in [0.29, 0.717) is 6.61 Å². The second-order valence-corrected chi connectivity index (χ2v) is 7.76. The van der Waals surface area contributed by atoms with Crippen LogP contribution in [0.15, 0.2) is 42.6 Å². The molecule has 2 rings (SSSR count). The van der Waals surface area contributed by atoms with E-state index < -0.39 is 0 Å². The molecule has 0 aliphatic rings. The molecular formula is C26H39NO2. The normalized spacial score (nSPS) is 11.0. The lowest BCUT2D eigenvalue weighted by Gasteiger charge is -2.08. The van der Waals surface area contributed by atoms with Gasteiger partial charge < -0.3 is 9.47 Å². The molecule has 0 aliphatic heterocycles. The van der Waals surface area contributed by atoms with Gasteiger partial charge in [0.25, 0.3) is 0 Å². The monoisotopic (exact) mass is 397 g/mol. The first-order valence-electron chi connectivity index (χ1n) is 11.6. The Morgan fingerprint density at radius 1 is 0.690 bits per heavy atom. The smallest absolute Gasteiger partial charge is 0.119 e. The molecule has 3 nitrogen and oxygen atoms in total. The van der Waals surface area contributed by atoms with Crippen LogP contribution in [-0.4, -0.2) is 24.8 Å². The summed E-state index contributed by atoms with van der Waals surface area (Å²) in [7, 11) is 0. The van der Waals surface area contributed by atoms with Crippen molar-refractivity contribution >= 4 is 0 Å². The van der Waals surface area contributed by atoms with Gasteiger partial charge in [-0.05, 0) is 55.2 Å². The number of unbranched alkanes of at least 4 members (excludes halogenated alkanes) is 6. The lowest BCUT2D eigenvalue weighted by molar-refractivity contribution is 0.117. The Morgan fingerprint density at radius 3 is 2.14 bits per heavy atom. The van der Waals surface area contributed by atoms with Crippen molar-refractivity contribution in [3.63, 3.8) is 0 Å². The number of pyridine rings is 1. The molecule has 3 heteroatoms. The Balaban J connectivity index is 1.68. The minimum atomic E-state index is 0.691. The summed E-state index contributed by atoms with van der Waals surface area (Å²) >= 11 is 0. The fourth-order valence-electron chi connectivity index (χ4n) is 3.27. The van der Waals surface area contributed by atoms with Crippen molar-refractivity contribution in [3.8, 4) is 17.0 Å². The van der Waals surface area contributed by atoms with Gasteiger partial charge in [-0.2, -0.15) is 0 Å². The Bertz CT molecular complexity index is 637. The summed E-state index contributed by atoms with van der Waals surface area (Å²) < 4.78 is 11.4. The van der Waals surface area contributed by atoms with Crippen LogP contribution < -0.4 is 4.74 Å². The molecule has 0 bridgehead atoms. The molecule has 0 spiro atoms. The molecule has 0 fully saturated rings. The largest absolute Gasteiger partial charge is 0.494 e. The molecule has 0 atom stereocenters. The highest BCUT2D eigenvalue weighted by Gasteiger charge is 2.02. The van der Waals surface area contributed by atoms with Gasteiger partial charge in [0, 0.05) is 31.4 Å². The molecule has 1 heterocycles. The summed E-state index contributed by atoms with van der Waals surface area (Å²) in [5.41, 5.74) is 3.49. The summed E-state index contributed by atoms with van der Waals surface area (Å²) in [6, 6.07) is 12.6. The predicted molar refractivity (Wildman–Crippen MR) is 123 cm³/mol. The van der Waals surface area contributed by atoms with Gasteiger partial charge in [-0.25, -0.2) is 0 Å². The van der Waals surface area contributed by atoms with E-state index in [1.165, 1.54) is 50.5 Å². The highest BCUT2D eigenvalue weighted by molar-refractivity contribution is 5.60. The zero-order valence-electron chi connectivity index (χ0n) is 18.5. The van der Waals surface area contributed by atoms with E-state index in [1.807, 2.05) is 18.3 Å². The third-order valence-electron chi connectivity index (χ3n) is 5.14. The Kier molecular flexibility index (Phi) is 12.1. The van der Waals surface area contributed by atoms with Crippen molar-refractivity contribution in [2.75, 3.05) is 19.8 Å². The zero-order chi connectivity index (χ0) is 20.6. The number of aromatic nitrogens is 1. The van der Waals surface area contributed by atoms with E-state index >= 15 is 0 Å². The Labute approximate surface area is 177 Å². The molecule has 2 aromatic rings. The van der Waals surface area contributed by atoms with Gasteiger partial charge in [-0.1, -0.05) is 58.4 Å². The average molecular weight is 398 g/mol. The lowest BCUT2D eigenvalue weighted by Crippen LogP contribution is -2.03. The molecular weight excluding hydrogens is 358 g/mol. The van der Waals surface area contributed by atoms with Gasteiger partial charge in [-0.3, -0.25) is 4.98 Å². The molecule has 29 heavy (non-hydrogen) atoms. The summed E-state index contributed by atoms with van der Waals surface area (Å²) in [5, 5.41) is 0. The lowest BCUT2D eigenvalue weighted by atomic mass is 10.1. The summed E-state index contributed by atoms with van der Waals surface area (Å²) in [5.74, 6) is 0.905. The molecule has 0 radical (unpaired) electrons. The zero-order valence-corrected chi connectivity index (χ0v) is 18.5. The topological polar surface area (TPSA) is 31.4 Å². The van der Waals surface area contributed by atoms with Crippen LogP contribution in [0.4, 0.5) is 0 Å². The Hall–Kier alpha value is -1.87. The minimum absolute atomic E-state index is 0.691. The third-order valence-corrected chi connectivity index (χ3v) is 5.14. The second-order valence-electron chi connectivity index (χ2n) is 7.76. The Morgan fingerprint density at radius 2 is 1.41 bits per heavy atom. The first-order valence-corrected chi connectivity index (χ1v) is 11.6. The molecule has 1 aromatic carbocycles. The number of hydrogen-bond acceptors (Lipinski definition) is 3. The number of nitrogens with zero attached hydrogens (tertiary/aromatic N) is 1. The standard InChI is InChI=1S/C26H39NO2/c1-3-5-7-8-9-10-12-23-13-18-26(27-22-23)24-14-16-25(17-15-24)29-21-11-20-28-19-6-4-2/h13-18,22H,3-12,19-21H2,1-2H3. The van der Waals surface area contributed by atoms with E-state index in [9.17, 15) is 0 Å². The first-order chi connectivity index (χ1) is 14.3. The van der Waals surface area contributed by atoms with Crippen LogP contribution in [0.2, 0.25) is 0 Å². The van der Waals surface area contributed by atoms with Crippen LogP contribution in [0.3, 0.4) is 0 Å². The number of aryl methyl sites for hydroxylation is 1. The van der Waals surface area contributed by atoms with Crippen molar-refractivity contribution in [2.45, 2.75) is 78.1 Å². The van der Waals surface area contributed by atoms with Gasteiger partial charge >= 0.3 is 0 Å². The van der Waals surface area contributed by atoms with Crippen molar-refractivity contribution in [1.29, 1.82) is 0 Å². The number of rotatable bonds is 16. The van der Waals surface area contributed by atoms with E-state index in [2.05, 4.69) is 43.1 Å². The van der Waals surface area contributed by atoms with Crippen LogP contribution >= 0.6 is 0 Å². The van der Waals surface area contributed by atoms with Crippen molar-refractivity contribution in [3.05, 3.63) is 48.2 Å². The van der Waals surface area contributed by atoms with Gasteiger partial charge in [0.1, 0.15) is 5.75 Å². The predicted octanol–water partition coefficient (Wildman–Crippen LogP) is 7.24. The molecule has 0 aliphatic carbocycles. The average Bonchev–Trinajstić information content (AvgIpc) is 2.76. The first kappa shape index (κ1) is 23.4. The van der Waals surface area contributed by atoms with Gasteiger partial charge in [-0.15, -0.1) is 0 Å². The van der Waals surface area contributed by atoms with Crippen LogP contribution in [0.5, 0.6) is 5.75 Å². The van der Waals surface area contributed by atoms with Gasteiger partial charge in [0.15, 0.2) is 0 Å². The maximum absolute atomic E-state index is 5.80. The van der Waals surface area contributed by atoms with E-state index in [0.717, 1.165) is 49.5 Å². The number of ether oxygens (including phenoxy) is 2. The molecule has 0 saturated carbocycles. The molecule has 0 N–H and O–H groups in total. The van der Waals surface area contributed by atoms with Crippen LogP contribution in [-0.2, 0) is 11.2 Å². The third kappa shape index (κ3) is 9.94. The van der Waals surface area contributed by atoms with E-state index in [4.69, 9.17) is 9.47 Å². The van der Waals surface area contributed by atoms with E-state index in [1.54, 1.807) is 0 Å². The molecule has 0 amide bonds. The summed E-state index contributed by atoms with van der Waals surface area (Å²) in [6.45, 7) is 6.76. The van der Waals surface area contributed by atoms with Gasteiger partial charge in [0.2, 0.25) is 0 Å². The quantitative estimate of drug-likeness (QED) is 0.280. The molecule has 160 valence electrons. The maximum Gasteiger partial charge on any atom is 0.119 e. The number of benzene rings is 1. The van der Waals surface area contributed by atoms with Crippen molar-refractivity contribution in [2.24, 2.45) is 0 Å². The highest BCUT2D eigenvalue weighted by atomic mass is 16.5.